The van der Waals surface area contributed by atoms with Gasteiger partial charge in [0.05, 0.1) is 11.4 Å². The molecule has 4 aromatic heterocycles. The molecular formula is C40H40N6Pt. The second-order valence-electron chi connectivity index (χ2n) is 15.7. The smallest absolute Gasteiger partial charge is 0.573 e. The minimum Gasteiger partial charge on any atom is -0.573 e. The van der Waals surface area contributed by atoms with Gasteiger partial charge in [-0.2, -0.15) is 0 Å². The van der Waals surface area contributed by atoms with Crippen LogP contribution < -0.4 is 10.2 Å². The molecule has 2 saturated carbocycles. The van der Waals surface area contributed by atoms with E-state index in [1.54, 1.807) is 0 Å². The van der Waals surface area contributed by atoms with E-state index in [0.717, 1.165) is 22.8 Å². The zero-order valence-corrected chi connectivity index (χ0v) is 30.2. The predicted octanol–water partition coefficient (Wildman–Crippen LogP) is 8.86. The van der Waals surface area contributed by atoms with Gasteiger partial charge in [0, 0.05) is 45.4 Å². The maximum absolute atomic E-state index is 4.68. The van der Waals surface area contributed by atoms with Gasteiger partial charge in [-0.1, -0.05) is 101 Å². The van der Waals surface area contributed by atoms with Crippen molar-refractivity contribution >= 4 is 21.5 Å². The molecule has 240 valence electrons. The molecular weight excluding hydrogens is 760 g/mol. The summed E-state index contributed by atoms with van der Waals surface area (Å²) in [5, 5.41) is 23.1. The molecule has 2 aromatic carbocycles. The Bertz CT molecular complexity index is 2040. The van der Waals surface area contributed by atoms with Gasteiger partial charge in [0.25, 0.3) is 0 Å². The maximum atomic E-state index is 4.68. The van der Waals surface area contributed by atoms with Crippen molar-refractivity contribution in [1.82, 2.24) is 30.4 Å². The molecule has 0 spiro atoms. The van der Waals surface area contributed by atoms with Crippen molar-refractivity contribution in [3.8, 4) is 22.8 Å². The topological polar surface area (TPSA) is 79.8 Å². The Morgan fingerprint density at radius 3 is 1.36 bits per heavy atom. The van der Waals surface area contributed by atoms with Crippen LogP contribution in [0.15, 0.2) is 73.1 Å². The zero-order chi connectivity index (χ0) is 31.6. The molecule has 0 unspecified atom stereocenters. The molecule has 0 saturated heterocycles. The zero-order valence-electron chi connectivity index (χ0n) is 27.9. The van der Waals surface area contributed by atoms with Gasteiger partial charge in [-0.05, 0) is 82.4 Å². The van der Waals surface area contributed by atoms with Crippen LogP contribution in [0.1, 0.15) is 102 Å². The fraction of sp³-hybridized carbons (Fsp3) is 0.400. The fourth-order valence-electron chi connectivity index (χ4n) is 9.78. The number of nitrogens with zero attached hydrogens (tertiary/aromatic N) is 6. The first-order valence-electron chi connectivity index (χ1n) is 16.8. The van der Waals surface area contributed by atoms with Gasteiger partial charge in [-0.15, -0.1) is 0 Å². The van der Waals surface area contributed by atoms with E-state index in [2.05, 4.69) is 120 Å². The molecule has 10 rings (SSSR count). The Labute approximate surface area is 290 Å². The second-order valence-corrected chi connectivity index (χ2v) is 15.7. The Kier molecular flexibility index (Phi) is 6.65. The first kappa shape index (κ1) is 30.7. The van der Waals surface area contributed by atoms with E-state index in [4.69, 9.17) is 0 Å². The standard InChI is InChI=1S/2C20H20N3.Pt/c2*1-19(2)14-8-9-20(19,3)18-16(14)17(22-23-18)15-10-12-6-4-5-7-13(12)11-21-15;/h2*4-7,10-11,14H,8-9H2,1-3H3;/q2*-1;+2/t2*14-,20+;/m11./s1. The van der Waals surface area contributed by atoms with Crippen LogP contribution in [-0.2, 0) is 31.9 Å². The van der Waals surface area contributed by atoms with Crippen LogP contribution in [-0.4, -0.2) is 20.2 Å². The van der Waals surface area contributed by atoms with Crippen LogP contribution in [0.25, 0.3) is 44.3 Å². The summed E-state index contributed by atoms with van der Waals surface area (Å²) in [5.41, 5.74) is 9.97. The van der Waals surface area contributed by atoms with Crippen molar-refractivity contribution in [2.45, 2.75) is 89.9 Å². The van der Waals surface area contributed by atoms with E-state index >= 15 is 0 Å². The van der Waals surface area contributed by atoms with Crippen molar-refractivity contribution in [2.24, 2.45) is 10.8 Å². The molecule has 6 nitrogen and oxygen atoms in total. The Morgan fingerprint density at radius 1 is 0.574 bits per heavy atom. The maximum Gasteiger partial charge on any atom is 2.00 e. The average Bonchev–Trinajstić information content (AvgIpc) is 3.85. The number of pyridine rings is 2. The van der Waals surface area contributed by atoms with E-state index in [1.165, 1.54) is 69.7 Å². The summed E-state index contributed by atoms with van der Waals surface area (Å²) in [4.78, 5) is 9.36. The number of benzene rings is 2. The van der Waals surface area contributed by atoms with Crippen molar-refractivity contribution in [1.29, 1.82) is 0 Å². The SMILES string of the molecule is CC1(C)[C@@H]2CC[C@@]1(C)c1n[n-]c(-c3cc4ccccc4cn3)c12.CC1(C)[C@@H]2CC[C@@]1(C)c1n[n-]c(-c3cc4ccccc4cn3)c12.[Pt+2]. The molecule has 4 bridgehead atoms. The third-order valence-corrected chi connectivity index (χ3v) is 13.5. The molecule has 4 aliphatic rings. The summed E-state index contributed by atoms with van der Waals surface area (Å²) in [5.74, 6) is 1.11. The quantitative estimate of drug-likeness (QED) is 0.174. The van der Waals surface area contributed by atoms with Gasteiger partial charge in [0.1, 0.15) is 0 Å². The third-order valence-electron chi connectivity index (χ3n) is 13.5. The van der Waals surface area contributed by atoms with Gasteiger partial charge in [-0.3, -0.25) is 9.97 Å². The first-order valence-corrected chi connectivity index (χ1v) is 16.8. The Morgan fingerprint density at radius 2 is 0.957 bits per heavy atom. The molecule has 2 fully saturated rings. The molecule has 0 radical (unpaired) electrons. The van der Waals surface area contributed by atoms with Crippen molar-refractivity contribution in [2.75, 3.05) is 0 Å². The van der Waals surface area contributed by atoms with Gasteiger partial charge < -0.3 is 20.4 Å². The second kappa shape index (κ2) is 10.2. The summed E-state index contributed by atoms with van der Waals surface area (Å²) in [6.07, 6.45) is 8.83. The minimum atomic E-state index is 0. The van der Waals surface area contributed by atoms with Gasteiger partial charge in [0.15, 0.2) is 0 Å². The van der Waals surface area contributed by atoms with Crippen molar-refractivity contribution < 1.29 is 21.1 Å². The Hall–Kier alpha value is -3.63. The first-order chi connectivity index (χ1) is 22.0. The van der Waals surface area contributed by atoms with Crippen LogP contribution >= 0.6 is 0 Å². The molecule has 0 amide bonds. The van der Waals surface area contributed by atoms with Crippen molar-refractivity contribution in [3.05, 3.63) is 95.6 Å². The molecule has 47 heavy (non-hydrogen) atoms. The monoisotopic (exact) mass is 799 g/mol. The molecule has 4 atom stereocenters. The largest absolute Gasteiger partial charge is 2.00 e. The molecule has 0 aliphatic heterocycles. The Balaban J connectivity index is 0.000000135. The van der Waals surface area contributed by atoms with Crippen LogP contribution in [0, 0.1) is 10.8 Å². The molecule has 4 aliphatic carbocycles. The molecule has 4 heterocycles. The van der Waals surface area contributed by atoms with Gasteiger partial charge in [-0.25, -0.2) is 0 Å². The average molecular weight is 800 g/mol. The summed E-state index contributed by atoms with van der Waals surface area (Å²) in [6, 6.07) is 21.0. The molecule has 0 N–H and O–H groups in total. The van der Waals surface area contributed by atoms with Crippen LogP contribution in [0.3, 0.4) is 0 Å². The van der Waals surface area contributed by atoms with E-state index in [1.807, 2.05) is 24.5 Å². The van der Waals surface area contributed by atoms with Crippen LogP contribution in [0.2, 0.25) is 0 Å². The van der Waals surface area contributed by atoms with E-state index < -0.39 is 0 Å². The van der Waals surface area contributed by atoms with Crippen LogP contribution in [0.5, 0.6) is 0 Å². The van der Waals surface area contributed by atoms with E-state index in [-0.39, 0.29) is 42.7 Å². The van der Waals surface area contributed by atoms with E-state index in [0.29, 0.717) is 11.8 Å². The summed E-state index contributed by atoms with van der Waals surface area (Å²) >= 11 is 0. The predicted molar refractivity (Wildman–Crippen MR) is 183 cm³/mol. The number of fused-ring (bicyclic) bond motifs is 12. The van der Waals surface area contributed by atoms with Crippen molar-refractivity contribution in [3.63, 3.8) is 0 Å². The minimum absolute atomic E-state index is 0. The number of rotatable bonds is 2. The normalized spacial score (nSPS) is 26.9. The summed E-state index contributed by atoms with van der Waals surface area (Å²) < 4.78 is 0. The van der Waals surface area contributed by atoms with Gasteiger partial charge in [0.2, 0.25) is 0 Å². The van der Waals surface area contributed by atoms with Gasteiger partial charge >= 0.3 is 21.1 Å². The summed E-state index contributed by atoms with van der Waals surface area (Å²) in [6.45, 7) is 14.3. The fourth-order valence-corrected chi connectivity index (χ4v) is 9.78. The third kappa shape index (κ3) is 3.94. The van der Waals surface area contributed by atoms with E-state index in [9.17, 15) is 0 Å². The molecule has 7 heteroatoms. The summed E-state index contributed by atoms with van der Waals surface area (Å²) in [7, 11) is 0. The van der Waals surface area contributed by atoms with Crippen LogP contribution in [0.4, 0.5) is 0 Å². The molecule has 6 aromatic rings. The number of hydrogen-bond donors (Lipinski definition) is 0. The number of hydrogen-bond acceptors (Lipinski definition) is 4. The number of aromatic nitrogens is 6.